The summed E-state index contributed by atoms with van der Waals surface area (Å²) in [5.74, 6) is -11.8. The fourth-order valence-electron chi connectivity index (χ4n) is 16.9. The molecule has 0 aliphatic carbocycles. The van der Waals surface area contributed by atoms with Crippen LogP contribution < -0.4 is 61.0 Å². The maximum Gasteiger partial charge on any atom is 0.219 e. The van der Waals surface area contributed by atoms with E-state index in [9.17, 15) is 169 Å². The van der Waals surface area contributed by atoms with Crippen molar-refractivity contribution >= 4 is 125 Å². The first-order chi connectivity index (χ1) is 63.9. The van der Waals surface area contributed by atoms with Crippen LogP contribution in [-0.4, -0.2) is 499 Å². The number of nitrogens with one attached hydrogen (secondary N) is 10. The van der Waals surface area contributed by atoms with Gasteiger partial charge in [-0.2, -0.15) is 0 Å². The summed E-state index contributed by atoms with van der Waals surface area (Å²) >= 11 is 16.8. The number of carboxylic acids is 2. The SMILES string of the molecule is O=C([O-])C1=C[C@H](O)C(NS(=O)(=O)[O-])[C@H](O[C@H]2C(CS(=O)(=O)[O-])O[C@@H](CO[C@H]3C(C(=O)[O-])O[C@@H](O[C@H]4C(CS(=O)(=O)[O-])O[C@@H](NC(=S)NCCN(CCNC(=S)NCC5O[C@H]6OC7C(CO)O[C@@H](OCCCCC5C(O)C6O)C(O)C7O)CCNC(=S)NCC5O[C@H]6OC7C(CO)O[C@@H](OCCCCC5C(O)C6O)C(O)C7O)C(NS(=O)(=O)[O-])[C@H]4O)C(NS(=O)(=O)[O-])[C@H]3O)C(NS(=O)(=O)[O-])[C@H]2O)O1. The van der Waals surface area contributed by atoms with Crippen molar-refractivity contribution in [2.45, 2.75) is 259 Å². The monoisotopic (exact) mass is 2160 g/mol. The first-order valence-corrected chi connectivity index (χ1v) is 51.8. The molecule has 0 radical (unpaired) electrons. The van der Waals surface area contributed by atoms with Crippen molar-refractivity contribution in [3.05, 3.63) is 11.8 Å². The number of aliphatic carboxylic acids is 2. The molecule has 0 spiro atoms. The summed E-state index contributed by atoms with van der Waals surface area (Å²) in [5, 5.41) is 198. The minimum atomic E-state index is -6.15. The Balaban J connectivity index is 0.841. The van der Waals surface area contributed by atoms with Gasteiger partial charge in [0.15, 0.2) is 88.0 Å². The van der Waals surface area contributed by atoms with E-state index in [0.717, 1.165) is 0 Å². The number of ether oxygens (including phenoxy) is 15. The second-order valence-electron chi connectivity index (χ2n) is 32.9. The lowest BCUT2D eigenvalue weighted by Gasteiger charge is -2.50. The molecule has 16 heterocycles. The predicted octanol–water partition coefficient (Wildman–Crippen LogP) is -21.8. The normalized spacial score (nSPS) is 39.6. The third-order valence-electron chi connectivity index (χ3n) is 23.4. The van der Waals surface area contributed by atoms with Gasteiger partial charge in [0.1, 0.15) is 146 Å². The number of thiocarbonyl (C=S) groups is 3. The number of hydrogen-bond acceptors (Lipinski definition) is 55. The van der Waals surface area contributed by atoms with Gasteiger partial charge in [0.2, 0.25) is 6.29 Å². The molecule has 24 N–H and O–H groups in total. The molecule has 16 aliphatic rings. The van der Waals surface area contributed by atoms with Crippen molar-refractivity contribution in [3.63, 3.8) is 0 Å². The van der Waals surface area contributed by atoms with Gasteiger partial charge >= 0.3 is 0 Å². The van der Waals surface area contributed by atoms with E-state index < -0.39 is 348 Å². The van der Waals surface area contributed by atoms with E-state index in [2.05, 4.69) is 31.9 Å². The summed E-state index contributed by atoms with van der Waals surface area (Å²) in [4.78, 5) is 26.6. The lowest BCUT2D eigenvalue weighted by molar-refractivity contribution is -0.355. The van der Waals surface area contributed by atoms with Crippen molar-refractivity contribution < 1.29 is 240 Å². The highest BCUT2D eigenvalue weighted by Crippen LogP contribution is 2.40. The molecule has 62 nitrogen and oxygen atoms in total. The second kappa shape index (κ2) is 49.3. The topological polar surface area (TPSA) is 969 Å². The van der Waals surface area contributed by atoms with Crippen molar-refractivity contribution in [2.75, 3.05) is 96.9 Å². The third-order valence-corrected chi connectivity index (χ3v) is 27.9. The van der Waals surface area contributed by atoms with Crippen LogP contribution in [-0.2, 0) is 142 Å². The van der Waals surface area contributed by atoms with Gasteiger partial charge in [-0.1, -0.05) is 12.8 Å². The van der Waals surface area contributed by atoms with Gasteiger partial charge in [-0.15, -0.1) is 0 Å². The quantitative estimate of drug-likeness (QED) is 0.0203. The number of aliphatic hydroxyl groups is 14. The molecule has 0 aromatic carbocycles. The summed E-state index contributed by atoms with van der Waals surface area (Å²) in [6.07, 6.45) is -64.0. The highest BCUT2D eigenvalue weighted by atomic mass is 32.3. The fraction of sp³-hybridized carbons (Fsp3) is 0.894. The Labute approximate surface area is 796 Å². The smallest absolute Gasteiger partial charge is 0.219 e. The number of carbonyl (C=O) groups is 2. The molecular weight excluding hydrogens is 2050 g/mol. The van der Waals surface area contributed by atoms with Gasteiger partial charge in [0.05, 0.1) is 106 Å². The zero-order chi connectivity index (χ0) is 101. The molecular formula is C66H105N11O51S9-8. The molecule has 23 unspecified atom stereocenters. The van der Waals surface area contributed by atoms with E-state index >= 15 is 0 Å². The van der Waals surface area contributed by atoms with Crippen LogP contribution in [0.25, 0.3) is 0 Å². The molecule has 137 heavy (non-hydrogen) atoms. The van der Waals surface area contributed by atoms with Crippen LogP contribution in [0.1, 0.15) is 38.5 Å². The fourth-order valence-corrected chi connectivity index (χ4v) is 21.2. The molecule has 0 amide bonds. The van der Waals surface area contributed by atoms with Crippen LogP contribution in [0.4, 0.5) is 0 Å². The molecule has 792 valence electrons. The Hall–Kier alpha value is -4.31. The van der Waals surface area contributed by atoms with Gasteiger partial charge in [0, 0.05) is 77.4 Å². The van der Waals surface area contributed by atoms with Gasteiger partial charge < -0.3 is 222 Å². The van der Waals surface area contributed by atoms with Crippen LogP contribution in [0.3, 0.4) is 0 Å². The number of hydrogen-bond donors (Lipinski definition) is 24. The Kier molecular flexibility index (Phi) is 41.2. The zero-order valence-electron chi connectivity index (χ0n) is 70.9. The van der Waals surface area contributed by atoms with Crippen molar-refractivity contribution in [3.8, 4) is 0 Å². The molecule has 38 atom stereocenters. The first kappa shape index (κ1) is 115. The Morgan fingerprint density at radius 2 is 0.825 bits per heavy atom. The number of carbonyl (C=O) groups excluding carboxylic acids is 2. The molecule has 15 fully saturated rings. The average molecular weight is 2160 g/mol. The second-order valence-corrected chi connectivity index (χ2v) is 41.6. The minimum absolute atomic E-state index is 0.00464. The summed E-state index contributed by atoms with van der Waals surface area (Å²) in [7, 11) is -35.5. The Morgan fingerprint density at radius 3 is 1.26 bits per heavy atom. The molecule has 16 aliphatic heterocycles. The van der Waals surface area contributed by atoms with E-state index in [1.165, 1.54) is 18.9 Å². The Morgan fingerprint density at radius 1 is 0.423 bits per heavy atom. The summed E-state index contributed by atoms with van der Waals surface area (Å²) in [6.45, 7) is -4.02. The van der Waals surface area contributed by atoms with E-state index in [4.69, 9.17) is 108 Å². The highest BCUT2D eigenvalue weighted by molar-refractivity contribution is 7.86. The lowest BCUT2D eigenvalue weighted by atomic mass is 9.84. The highest BCUT2D eigenvalue weighted by Gasteiger charge is 2.59. The predicted molar refractivity (Wildman–Crippen MR) is 439 cm³/mol. The molecule has 15 saturated heterocycles. The molecule has 0 aromatic heterocycles. The number of carboxylic acid groups (broad SMARTS) is 2. The van der Waals surface area contributed by atoms with Gasteiger partial charge in [-0.3, -0.25) is 4.90 Å². The third kappa shape index (κ3) is 32.1. The number of rotatable bonds is 37. The van der Waals surface area contributed by atoms with Crippen molar-refractivity contribution in [1.29, 1.82) is 0 Å². The van der Waals surface area contributed by atoms with Gasteiger partial charge in [-0.25, -0.2) is 69.4 Å². The Bertz CT molecular complexity index is 4690. The first-order valence-electron chi connectivity index (χ1n) is 41.7. The molecule has 16 rings (SSSR count). The minimum Gasteiger partial charge on any atom is -0.748 e. The van der Waals surface area contributed by atoms with Crippen LogP contribution in [0, 0.1) is 11.8 Å². The summed E-state index contributed by atoms with van der Waals surface area (Å²) in [6, 6.07) is -10.8. The maximum absolute atomic E-state index is 13.1. The van der Waals surface area contributed by atoms with E-state index in [1.54, 1.807) is 4.90 Å². The lowest BCUT2D eigenvalue weighted by Crippen LogP contribution is -2.72. The van der Waals surface area contributed by atoms with E-state index in [-0.39, 0.29) is 94.7 Å². The van der Waals surface area contributed by atoms with Crippen LogP contribution in [0.5, 0.6) is 0 Å². The largest absolute Gasteiger partial charge is 0.748 e. The zero-order valence-corrected chi connectivity index (χ0v) is 78.2. The van der Waals surface area contributed by atoms with Crippen LogP contribution >= 0.6 is 36.7 Å². The number of aliphatic hydroxyl groups excluding tert-OH is 14. The summed E-state index contributed by atoms with van der Waals surface area (Å²) in [5.41, 5.74) is 0. The van der Waals surface area contributed by atoms with Crippen LogP contribution in [0.2, 0.25) is 0 Å². The van der Waals surface area contributed by atoms with E-state index in [0.29, 0.717) is 25.7 Å². The summed E-state index contributed by atoms with van der Waals surface area (Å²) < 4.78 is 313. The molecule has 71 heteroatoms. The standard InChI is InChI=1S/C66H113N11O51S9/c78-18-29-49-43(86)47(90)60(122-29)114-13-3-1-5-23-27(120-62(126-49)45(88)38(23)81)16-70-64(129)67-7-10-77(11-8-68-65(130)71-17-28-24-6-2-4-14-115-61-48(91)44(87)50(30(19-79)123-61)127-63(121-28)46(89)39(24)82)12-9-69-66(131)72-55-36(75-136(108,109)110)41(84)52(33(118-55)22-133(99,100)101)125-59-37(76-137(111,112)113)42(85)53(54(128-59)57(94)95)116-20-31-35(74-135(105,106)107)40(83)51(32(117-31)21-132(96,97)98)124-58-34(73-134(102,103)104)25(80)15-26(119-58)56(92)93/h15,23-25,27-55,58-63,73-76,78-91H,1-14,16-22H2,(H,92,93)(H,94,95)(H2,67,70,129)(H2,68,71,130)(H2,69,72,131)(H,96,97,98)(H,99,100,101)(H,102,103,104)(H,105,106,107)(H,108,109,110)(H,111,112,113)/p-8/t23?,24?,25-,27?,28?,29?,30?,31-,32?,33?,34?,35?,36?,37?,38?,39?,40+,41+,42+,43?,44?,45?,46?,47?,48?,49?,50?,51-,52-,53+,54?,55+,58-,59+,60+,61+,62-,63-/m0/s1. The molecule has 8 bridgehead atoms. The molecule has 0 aromatic rings. The maximum atomic E-state index is 13.1. The number of nitrogens with zero attached hydrogens (tertiary/aromatic N) is 1. The van der Waals surface area contributed by atoms with E-state index in [1.807, 2.05) is 0 Å². The van der Waals surface area contributed by atoms with Crippen molar-refractivity contribution in [1.82, 2.24) is 55.7 Å². The van der Waals surface area contributed by atoms with Crippen molar-refractivity contribution in [2.24, 2.45) is 11.8 Å². The van der Waals surface area contributed by atoms with Gasteiger partial charge in [0.25, 0.3) is 0 Å². The average Bonchev–Trinajstić information content (AvgIpc) is 0.773. The van der Waals surface area contributed by atoms with Gasteiger partial charge in [-0.05, 0) is 68.4 Å². The molecule has 0 saturated carbocycles. The van der Waals surface area contributed by atoms with Crippen LogP contribution in [0.15, 0.2) is 11.8 Å².